The summed E-state index contributed by atoms with van der Waals surface area (Å²) >= 11 is 0. The normalized spacial score (nSPS) is 10.5. The van der Waals surface area contributed by atoms with Gasteiger partial charge >= 0.3 is 0 Å². The van der Waals surface area contributed by atoms with Crippen molar-refractivity contribution in [3.8, 4) is 22.5 Å². The van der Waals surface area contributed by atoms with Crippen molar-refractivity contribution in [1.82, 2.24) is 24.9 Å². The van der Waals surface area contributed by atoms with Crippen LogP contribution in [0, 0.1) is 0 Å². The zero-order valence-corrected chi connectivity index (χ0v) is 10.8. The number of nitrogens with zero attached hydrogens (tertiary/aromatic N) is 4. The highest BCUT2D eigenvalue weighted by atomic mass is 16.1. The van der Waals surface area contributed by atoms with E-state index in [9.17, 15) is 4.79 Å². The van der Waals surface area contributed by atoms with E-state index in [4.69, 9.17) is 11.5 Å². The molecule has 0 aromatic carbocycles. The van der Waals surface area contributed by atoms with E-state index >= 15 is 0 Å². The van der Waals surface area contributed by atoms with E-state index in [1.54, 1.807) is 30.6 Å². The second-order valence-electron chi connectivity index (χ2n) is 4.23. The molecule has 0 fully saturated rings. The third-order valence-electron chi connectivity index (χ3n) is 2.82. The number of rotatable bonds is 2. The minimum absolute atomic E-state index is 0.101. The lowest BCUT2D eigenvalue weighted by Crippen LogP contribution is -2.10. The smallest absolute Gasteiger partial charge is 0.257 e. The van der Waals surface area contributed by atoms with E-state index in [2.05, 4.69) is 24.9 Å². The van der Waals surface area contributed by atoms with Gasteiger partial charge in [0, 0.05) is 24.2 Å². The number of nitrogens with two attached hydrogens (primary N) is 2. The van der Waals surface area contributed by atoms with Gasteiger partial charge in [-0.25, -0.2) is 19.9 Å². The Labute approximate surface area is 118 Å². The lowest BCUT2D eigenvalue weighted by molar-refractivity contribution is 1.15. The Morgan fingerprint density at radius 1 is 0.952 bits per heavy atom. The number of aromatic amines is 1. The Bertz CT molecular complexity index is 859. The van der Waals surface area contributed by atoms with Gasteiger partial charge in [0.05, 0.1) is 17.0 Å². The largest absolute Gasteiger partial charge is 0.368 e. The number of pyridine rings is 1. The van der Waals surface area contributed by atoms with Crippen molar-refractivity contribution in [3.05, 3.63) is 47.1 Å². The molecule has 0 aliphatic heterocycles. The van der Waals surface area contributed by atoms with Crippen LogP contribution in [0.4, 0.5) is 11.9 Å². The second-order valence-corrected chi connectivity index (χ2v) is 4.23. The van der Waals surface area contributed by atoms with Gasteiger partial charge in [-0.2, -0.15) is 0 Å². The van der Waals surface area contributed by atoms with Gasteiger partial charge < -0.3 is 16.5 Å². The van der Waals surface area contributed by atoms with E-state index in [0.717, 1.165) is 0 Å². The molecule has 21 heavy (non-hydrogen) atoms. The van der Waals surface area contributed by atoms with E-state index in [-0.39, 0.29) is 17.5 Å². The third-order valence-corrected chi connectivity index (χ3v) is 2.82. The van der Waals surface area contributed by atoms with Crippen molar-refractivity contribution < 1.29 is 0 Å². The van der Waals surface area contributed by atoms with Gasteiger partial charge in [-0.15, -0.1) is 0 Å². The number of anilines is 2. The van der Waals surface area contributed by atoms with Crippen LogP contribution in [0.2, 0.25) is 0 Å². The van der Waals surface area contributed by atoms with Gasteiger partial charge in [0.15, 0.2) is 0 Å². The summed E-state index contributed by atoms with van der Waals surface area (Å²) in [4.78, 5) is 30.4. The first-order valence-corrected chi connectivity index (χ1v) is 6.04. The summed E-state index contributed by atoms with van der Waals surface area (Å²) in [6.07, 6.45) is 4.59. The minimum Gasteiger partial charge on any atom is -0.368 e. The van der Waals surface area contributed by atoms with Gasteiger partial charge in [0.1, 0.15) is 0 Å². The van der Waals surface area contributed by atoms with Crippen LogP contribution >= 0.6 is 0 Å². The van der Waals surface area contributed by atoms with Crippen LogP contribution in [0.25, 0.3) is 22.5 Å². The van der Waals surface area contributed by atoms with Crippen molar-refractivity contribution in [2.75, 3.05) is 11.5 Å². The maximum absolute atomic E-state index is 12.0. The van der Waals surface area contributed by atoms with Gasteiger partial charge in [0.25, 0.3) is 5.56 Å². The molecule has 3 heterocycles. The van der Waals surface area contributed by atoms with E-state index < -0.39 is 0 Å². The first kappa shape index (κ1) is 12.7. The fourth-order valence-electron chi connectivity index (χ4n) is 1.88. The average Bonchev–Trinajstić information content (AvgIpc) is 2.47. The molecule has 0 atom stereocenters. The average molecular weight is 281 g/mol. The molecule has 0 saturated carbocycles. The molecule has 104 valence electrons. The van der Waals surface area contributed by atoms with Crippen molar-refractivity contribution in [3.63, 3.8) is 0 Å². The molecular formula is C13H11N7O. The van der Waals surface area contributed by atoms with Crippen molar-refractivity contribution in [2.24, 2.45) is 0 Å². The Balaban J connectivity index is 2.15. The molecular weight excluding hydrogens is 270 g/mol. The number of aromatic nitrogens is 5. The van der Waals surface area contributed by atoms with Crippen LogP contribution in [-0.2, 0) is 0 Å². The minimum atomic E-state index is -0.279. The molecule has 0 unspecified atom stereocenters. The molecule has 3 aromatic heterocycles. The van der Waals surface area contributed by atoms with Crippen molar-refractivity contribution in [1.29, 1.82) is 0 Å². The summed E-state index contributed by atoms with van der Waals surface area (Å²) in [6.45, 7) is 0. The van der Waals surface area contributed by atoms with Gasteiger partial charge in [-0.1, -0.05) is 0 Å². The molecule has 0 aliphatic carbocycles. The summed E-state index contributed by atoms with van der Waals surface area (Å²) in [6, 6.07) is 4.98. The zero-order chi connectivity index (χ0) is 14.8. The number of nitrogen functional groups attached to an aromatic ring is 2. The number of hydrogen-bond acceptors (Lipinski definition) is 7. The maximum Gasteiger partial charge on any atom is 0.257 e. The van der Waals surface area contributed by atoms with Gasteiger partial charge in [-0.3, -0.25) is 4.79 Å². The molecule has 0 radical (unpaired) electrons. The predicted molar refractivity (Wildman–Crippen MR) is 77.9 cm³/mol. The molecule has 8 heteroatoms. The van der Waals surface area contributed by atoms with Crippen LogP contribution in [0.15, 0.2) is 41.6 Å². The first-order chi connectivity index (χ1) is 10.1. The predicted octanol–water partition coefficient (Wildman–Crippen LogP) is 0.453. The molecule has 3 rings (SSSR count). The van der Waals surface area contributed by atoms with E-state index in [0.29, 0.717) is 22.5 Å². The van der Waals surface area contributed by atoms with E-state index in [1.165, 1.54) is 6.20 Å². The topological polar surface area (TPSA) is 136 Å². The summed E-state index contributed by atoms with van der Waals surface area (Å²) in [7, 11) is 0. The molecule has 3 aromatic rings. The lowest BCUT2D eigenvalue weighted by atomic mass is 10.1. The fraction of sp³-hybridized carbons (Fsp3) is 0. The number of hydrogen-bond donors (Lipinski definition) is 3. The molecule has 0 bridgehead atoms. The molecule has 5 N–H and O–H groups in total. The summed E-state index contributed by atoms with van der Waals surface area (Å²) < 4.78 is 0. The summed E-state index contributed by atoms with van der Waals surface area (Å²) in [5.41, 5.74) is 12.9. The molecule has 8 nitrogen and oxygen atoms in total. The van der Waals surface area contributed by atoms with Crippen molar-refractivity contribution >= 4 is 11.9 Å². The molecule has 0 amide bonds. The standard InChI is InChI=1S/C13H11N7O/c14-12-16-3-1-9(19-12)7-5-8(11(21)18-6-7)10-2-4-17-13(15)20-10/h1-6H,(H,18,21)(H2,14,16,19)(H2,15,17,20). The van der Waals surface area contributed by atoms with Gasteiger partial charge in [-0.05, 0) is 18.2 Å². The highest BCUT2D eigenvalue weighted by molar-refractivity contribution is 5.68. The van der Waals surface area contributed by atoms with Gasteiger partial charge in [0.2, 0.25) is 11.9 Å². The molecule has 0 spiro atoms. The summed E-state index contributed by atoms with van der Waals surface area (Å²) in [5, 5.41) is 0. The Hall–Kier alpha value is -3.29. The zero-order valence-electron chi connectivity index (χ0n) is 10.8. The van der Waals surface area contributed by atoms with Crippen molar-refractivity contribution in [2.45, 2.75) is 0 Å². The van der Waals surface area contributed by atoms with Crippen LogP contribution < -0.4 is 17.0 Å². The summed E-state index contributed by atoms with van der Waals surface area (Å²) in [5.74, 6) is 0.259. The number of nitrogens with one attached hydrogen (secondary N) is 1. The third kappa shape index (κ3) is 2.54. The highest BCUT2D eigenvalue weighted by Crippen LogP contribution is 2.20. The highest BCUT2D eigenvalue weighted by Gasteiger charge is 2.09. The fourth-order valence-corrected chi connectivity index (χ4v) is 1.88. The Morgan fingerprint density at radius 3 is 2.24 bits per heavy atom. The quantitative estimate of drug-likeness (QED) is 0.620. The van der Waals surface area contributed by atoms with E-state index in [1.807, 2.05) is 0 Å². The lowest BCUT2D eigenvalue weighted by Gasteiger charge is -2.04. The SMILES string of the molecule is Nc1nccc(-c2c[nH]c(=O)c(-c3ccnc(N)n3)c2)n1. The first-order valence-electron chi connectivity index (χ1n) is 6.04. The Kier molecular flexibility index (Phi) is 3.03. The Morgan fingerprint density at radius 2 is 1.57 bits per heavy atom. The second kappa shape index (κ2) is 5.00. The maximum atomic E-state index is 12.0. The van der Waals surface area contributed by atoms with Crippen LogP contribution in [0.5, 0.6) is 0 Å². The van der Waals surface area contributed by atoms with Crippen LogP contribution in [0.1, 0.15) is 0 Å². The monoisotopic (exact) mass is 281 g/mol. The molecule has 0 saturated heterocycles. The van der Waals surface area contributed by atoms with Crippen LogP contribution in [0.3, 0.4) is 0 Å². The number of H-pyrrole nitrogens is 1. The molecule has 0 aliphatic rings. The van der Waals surface area contributed by atoms with Crippen LogP contribution in [-0.4, -0.2) is 24.9 Å².